The third-order valence-corrected chi connectivity index (χ3v) is 2.66. The van der Waals surface area contributed by atoms with Crippen LogP contribution in [0.3, 0.4) is 0 Å². The van der Waals surface area contributed by atoms with Gasteiger partial charge in [-0.05, 0) is 19.3 Å². The van der Waals surface area contributed by atoms with E-state index in [1.54, 1.807) is 13.3 Å². The highest BCUT2D eigenvalue weighted by Crippen LogP contribution is 2.34. The molecule has 0 radical (unpaired) electrons. The zero-order chi connectivity index (χ0) is 10.4. The van der Waals surface area contributed by atoms with Crippen LogP contribution in [0.2, 0.25) is 0 Å². The summed E-state index contributed by atoms with van der Waals surface area (Å²) >= 11 is 0. The van der Waals surface area contributed by atoms with Crippen LogP contribution in [-0.4, -0.2) is 32.3 Å². The van der Waals surface area contributed by atoms with Gasteiger partial charge in [0.05, 0.1) is 12.7 Å². The van der Waals surface area contributed by atoms with Crippen molar-refractivity contribution in [3.05, 3.63) is 12.3 Å². The number of methoxy groups -OCH3 is 2. The van der Waals surface area contributed by atoms with Crippen molar-refractivity contribution in [3.63, 3.8) is 0 Å². The van der Waals surface area contributed by atoms with Gasteiger partial charge in [0, 0.05) is 25.9 Å². The quantitative estimate of drug-likeness (QED) is 0.526. The molecule has 80 valence electrons. The van der Waals surface area contributed by atoms with Crippen molar-refractivity contribution < 1.29 is 14.3 Å². The second-order valence-corrected chi connectivity index (χ2v) is 3.48. The van der Waals surface area contributed by atoms with Crippen molar-refractivity contribution in [2.24, 2.45) is 0 Å². The SMILES string of the molecule is COC(=O)/C=C/NCC1(OC)CCC1. The molecule has 0 spiro atoms. The fourth-order valence-corrected chi connectivity index (χ4v) is 1.46. The Bertz CT molecular complexity index is 216. The van der Waals surface area contributed by atoms with Crippen molar-refractivity contribution in [2.75, 3.05) is 20.8 Å². The second-order valence-electron chi connectivity index (χ2n) is 3.48. The lowest BCUT2D eigenvalue weighted by Crippen LogP contribution is -2.46. The van der Waals surface area contributed by atoms with E-state index in [4.69, 9.17) is 4.74 Å². The van der Waals surface area contributed by atoms with Gasteiger partial charge in [-0.15, -0.1) is 0 Å². The zero-order valence-electron chi connectivity index (χ0n) is 8.71. The Morgan fingerprint density at radius 2 is 2.21 bits per heavy atom. The predicted molar refractivity (Wildman–Crippen MR) is 52.7 cm³/mol. The maximum atomic E-state index is 10.7. The van der Waals surface area contributed by atoms with Gasteiger partial charge in [0.25, 0.3) is 0 Å². The van der Waals surface area contributed by atoms with E-state index in [-0.39, 0.29) is 11.6 Å². The molecule has 0 atom stereocenters. The van der Waals surface area contributed by atoms with Gasteiger partial charge in [0.2, 0.25) is 0 Å². The Morgan fingerprint density at radius 1 is 1.50 bits per heavy atom. The van der Waals surface area contributed by atoms with Crippen LogP contribution in [0.15, 0.2) is 12.3 Å². The predicted octanol–water partition coefficient (Wildman–Crippen LogP) is 0.832. The molecule has 0 aromatic heterocycles. The van der Waals surface area contributed by atoms with Crippen molar-refractivity contribution in [1.29, 1.82) is 0 Å². The van der Waals surface area contributed by atoms with E-state index in [1.807, 2.05) is 0 Å². The number of nitrogens with one attached hydrogen (secondary N) is 1. The minimum absolute atomic E-state index is 0.0134. The lowest BCUT2D eigenvalue weighted by atomic mass is 9.80. The van der Waals surface area contributed by atoms with Crippen LogP contribution in [0.1, 0.15) is 19.3 Å². The third kappa shape index (κ3) is 2.73. The van der Waals surface area contributed by atoms with Gasteiger partial charge in [-0.25, -0.2) is 4.79 Å². The first-order valence-corrected chi connectivity index (χ1v) is 4.75. The molecule has 0 unspecified atom stereocenters. The summed E-state index contributed by atoms with van der Waals surface area (Å²) in [4.78, 5) is 10.7. The van der Waals surface area contributed by atoms with E-state index in [9.17, 15) is 4.79 Å². The van der Waals surface area contributed by atoms with Crippen molar-refractivity contribution >= 4 is 5.97 Å². The van der Waals surface area contributed by atoms with E-state index in [0.29, 0.717) is 0 Å². The first-order chi connectivity index (χ1) is 6.72. The third-order valence-electron chi connectivity index (χ3n) is 2.66. The lowest BCUT2D eigenvalue weighted by molar-refractivity contribution is -0.134. The second kappa shape index (κ2) is 5.00. The van der Waals surface area contributed by atoms with Crippen LogP contribution >= 0.6 is 0 Å². The van der Waals surface area contributed by atoms with Gasteiger partial charge in [-0.1, -0.05) is 0 Å². The summed E-state index contributed by atoms with van der Waals surface area (Å²) in [6.45, 7) is 0.747. The molecule has 14 heavy (non-hydrogen) atoms. The van der Waals surface area contributed by atoms with Gasteiger partial charge in [-0.3, -0.25) is 0 Å². The summed E-state index contributed by atoms with van der Waals surface area (Å²) in [5.74, 6) is -0.349. The van der Waals surface area contributed by atoms with Crippen LogP contribution < -0.4 is 5.32 Å². The summed E-state index contributed by atoms with van der Waals surface area (Å²) in [6.07, 6.45) is 6.36. The standard InChI is InChI=1S/C10H17NO3/c1-13-9(12)4-7-11-8-10(14-2)5-3-6-10/h4,7,11H,3,5-6,8H2,1-2H3/b7-4+. The van der Waals surface area contributed by atoms with Crippen LogP contribution in [0.25, 0.3) is 0 Å². The fourth-order valence-electron chi connectivity index (χ4n) is 1.46. The van der Waals surface area contributed by atoms with Crippen LogP contribution in [0, 0.1) is 0 Å². The molecule has 0 saturated heterocycles. The van der Waals surface area contributed by atoms with E-state index >= 15 is 0 Å². The summed E-state index contributed by atoms with van der Waals surface area (Å²) in [7, 11) is 3.08. The molecule has 1 aliphatic rings. The Balaban J connectivity index is 2.20. The minimum atomic E-state index is -0.349. The van der Waals surface area contributed by atoms with Crippen LogP contribution in [0.5, 0.6) is 0 Å². The number of rotatable bonds is 5. The number of esters is 1. The maximum Gasteiger partial charge on any atom is 0.331 e. The average molecular weight is 199 g/mol. The van der Waals surface area contributed by atoms with Crippen LogP contribution in [-0.2, 0) is 14.3 Å². The average Bonchev–Trinajstić information content (AvgIpc) is 2.15. The number of ether oxygens (including phenoxy) is 2. The Hall–Kier alpha value is -1.03. The highest BCUT2D eigenvalue weighted by molar-refractivity contribution is 5.81. The summed E-state index contributed by atoms with van der Waals surface area (Å²) in [6, 6.07) is 0. The molecular weight excluding hydrogens is 182 g/mol. The normalized spacial score (nSPS) is 19.0. The zero-order valence-corrected chi connectivity index (χ0v) is 8.71. The molecule has 0 amide bonds. The maximum absolute atomic E-state index is 10.7. The molecule has 1 fully saturated rings. The fraction of sp³-hybridized carbons (Fsp3) is 0.700. The lowest BCUT2D eigenvalue weighted by Gasteiger charge is -2.40. The molecule has 0 heterocycles. The smallest absolute Gasteiger partial charge is 0.331 e. The van der Waals surface area contributed by atoms with Crippen molar-refractivity contribution in [2.45, 2.75) is 24.9 Å². The summed E-state index contributed by atoms with van der Waals surface area (Å²) < 4.78 is 9.85. The van der Waals surface area contributed by atoms with Gasteiger partial charge in [-0.2, -0.15) is 0 Å². The Morgan fingerprint density at radius 3 is 2.64 bits per heavy atom. The summed E-state index contributed by atoms with van der Waals surface area (Å²) in [5, 5.41) is 3.04. The van der Waals surface area contributed by atoms with Crippen molar-refractivity contribution in [3.8, 4) is 0 Å². The molecule has 1 aliphatic carbocycles. The first kappa shape index (κ1) is 11.0. The molecule has 0 aromatic rings. The van der Waals surface area contributed by atoms with Gasteiger partial charge >= 0.3 is 5.97 Å². The van der Waals surface area contributed by atoms with Crippen LogP contribution in [0.4, 0.5) is 0 Å². The van der Waals surface area contributed by atoms with Gasteiger partial charge in [0.15, 0.2) is 0 Å². The van der Waals surface area contributed by atoms with E-state index < -0.39 is 0 Å². The molecule has 1 saturated carbocycles. The topological polar surface area (TPSA) is 47.6 Å². The monoisotopic (exact) mass is 199 g/mol. The first-order valence-electron chi connectivity index (χ1n) is 4.75. The Labute approximate surface area is 84.3 Å². The molecule has 1 rings (SSSR count). The minimum Gasteiger partial charge on any atom is -0.466 e. The molecular formula is C10H17NO3. The molecule has 0 aromatic carbocycles. The molecule has 0 bridgehead atoms. The largest absolute Gasteiger partial charge is 0.466 e. The highest BCUT2D eigenvalue weighted by Gasteiger charge is 2.36. The number of carbonyl (C=O) groups is 1. The van der Waals surface area contributed by atoms with Crippen molar-refractivity contribution in [1.82, 2.24) is 5.32 Å². The molecule has 0 aliphatic heterocycles. The van der Waals surface area contributed by atoms with Gasteiger partial charge in [0.1, 0.15) is 0 Å². The number of carbonyl (C=O) groups excluding carboxylic acids is 1. The molecule has 4 nitrogen and oxygen atoms in total. The molecule has 4 heteroatoms. The van der Waals surface area contributed by atoms with Gasteiger partial charge < -0.3 is 14.8 Å². The van der Waals surface area contributed by atoms with E-state index in [2.05, 4.69) is 10.1 Å². The van der Waals surface area contributed by atoms with E-state index in [0.717, 1.165) is 19.4 Å². The summed E-state index contributed by atoms with van der Waals surface area (Å²) in [5.41, 5.74) is -0.0134. The number of hydrogen-bond acceptors (Lipinski definition) is 4. The van der Waals surface area contributed by atoms with E-state index in [1.165, 1.54) is 19.6 Å². The Kier molecular flexibility index (Phi) is 3.95. The molecule has 1 N–H and O–H groups in total. The highest BCUT2D eigenvalue weighted by atomic mass is 16.5. The number of hydrogen-bond donors (Lipinski definition) is 1.